The summed E-state index contributed by atoms with van der Waals surface area (Å²) in [6, 6.07) is 18.5. The SMILES string of the molecule is NS(=O)(=O)c1ccc(CCNCc2ccc(-c3ccc(Br)cc3)o2)cc1.[Cl-]. The molecule has 0 aliphatic carbocycles. The summed E-state index contributed by atoms with van der Waals surface area (Å²) in [7, 11) is -3.63. The molecule has 0 amide bonds. The maximum absolute atomic E-state index is 11.2. The predicted octanol–water partition coefficient (Wildman–Crippen LogP) is 0.693. The molecule has 27 heavy (non-hydrogen) atoms. The number of benzene rings is 2. The van der Waals surface area contributed by atoms with Gasteiger partial charge in [-0.25, -0.2) is 13.6 Å². The molecule has 3 N–H and O–H groups in total. The Balaban J connectivity index is 0.00000261. The van der Waals surface area contributed by atoms with Crippen molar-refractivity contribution in [1.82, 2.24) is 5.32 Å². The summed E-state index contributed by atoms with van der Waals surface area (Å²) < 4.78 is 29.4. The van der Waals surface area contributed by atoms with Gasteiger partial charge in [-0.15, -0.1) is 0 Å². The molecule has 144 valence electrons. The lowest BCUT2D eigenvalue weighted by molar-refractivity contribution is -0.00000830. The zero-order valence-electron chi connectivity index (χ0n) is 14.4. The number of sulfonamides is 1. The van der Waals surface area contributed by atoms with Crippen molar-refractivity contribution in [3.63, 3.8) is 0 Å². The summed E-state index contributed by atoms with van der Waals surface area (Å²) in [6.07, 6.45) is 0.783. The third-order valence-electron chi connectivity index (χ3n) is 3.93. The van der Waals surface area contributed by atoms with E-state index >= 15 is 0 Å². The minimum atomic E-state index is -3.63. The smallest absolute Gasteiger partial charge is 0.238 e. The molecule has 3 aromatic rings. The molecule has 0 saturated carbocycles. The Morgan fingerprint density at radius 1 is 0.963 bits per heavy atom. The zero-order chi connectivity index (χ0) is 18.6. The van der Waals surface area contributed by atoms with Crippen LogP contribution in [0.1, 0.15) is 11.3 Å². The average Bonchev–Trinajstić information content (AvgIpc) is 3.08. The second kappa shape index (κ2) is 9.52. The Morgan fingerprint density at radius 2 is 1.63 bits per heavy atom. The number of hydrogen-bond acceptors (Lipinski definition) is 4. The first-order valence-corrected chi connectivity index (χ1v) is 10.4. The lowest BCUT2D eigenvalue weighted by Crippen LogP contribution is -3.00. The molecule has 3 rings (SSSR count). The van der Waals surface area contributed by atoms with Gasteiger partial charge >= 0.3 is 0 Å². The van der Waals surface area contributed by atoms with E-state index in [0.717, 1.165) is 40.1 Å². The first-order chi connectivity index (χ1) is 12.4. The highest BCUT2D eigenvalue weighted by molar-refractivity contribution is 9.10. The maximum atomic E-state index is 11.2. The third-order valence-corrected chi connectivity index (χ3v) is 5.39. The zero-order valence-corrected chi connectivity index (χ0v) is 17.5. The number of halogens is 2. The van der Waals surface area contributed by atoms with Crippen LogP contribution in [0.25, 0.3) is 11.3 Å². The van der Waals surface area contributed by atoms with Gasteiger partial charge < -0.3 is 22.1 Å². The van der Waals surface area contributed by atoms with Gasteiger partial charge in [0.05, 0.1) is 11.4 Å². The van der Waals surface area contributed by atoms with Crippen LogP contribution in [0.5, 0.6) is 0 Å². The van der Waals surface area contributed by atoms with Crippen LogP contribution in [0.2, 0.25) is 0 Å². The Kier molecular flexibility index (Phi) is 7.64. The lowest BCUT2D eigenvalue weighted by atomic mass is 10.1. The fraction of sp³-hybridized carbons (Fsp3) is 0.158. The number of nitrogens with one attached hydrogen (secondary N) is 1. The second-order valence-corrected chi connectivity index (χ2v) is 8.37. The number of furan rings is 1. The van der Waals surface area contributed by atoms with Crippen molar-refractivity contribution in [2.75, 3.05) is 6.54 Å². The summed E-state index contributed by atoms with van der Waals surface area (Å²) in [5.41, 5.74) is 2.08. The van der Waals surface area contributed by atoms with Crippen molar-refractivity contribution in [2.24, 2.45) is 5.14 Å². The van der Waals surface area contributed by atoms with E-state index < -0.39 is 10.0 Å². The van der Waals surface area contributed by atoms with Crippen molar-refractivity contribution in [1.29, 1.82) is 0 Å². The van der Waals surface area contributed by atoms with Crippen LogP contribution in [-0.2, 0) is 23.0 Å². The third kappa shape index (κ3) is 6.19. The Hall–Kier alpha value is -1.64. The van der Waals surface area contributed by atoms with Gasteiger partial charge in [-0.2, -0.15) is 0 Å². The largest absolute Gasteiger partial charge is 1.00 e. The fourth-order valence-electron chi connectivity index (χ4n) is 2.53. The van der Waals surface area contributed by atoms with Gasteiger partial charge in [-0.05, 0) is 54.9 Å². The molecule has 0 aliphatic rings. The van der Waals surface area contributed by atoms with Gasteiger partial charge in [-0.3, -0.25) is 0 Å². The molecule has 0 unspecified atom stereocenters. The molecule has 0 fully saturated rings. The molecule has 1 heterocycles. The maximum Gasteiger partial charge on any atom is 0.238 e. The predicted molar refractivity (Wildman–Crippen MR) is 105 cm³/mol. The first kappa shape index (κ1) is 21.7. The molecular formula is C19H19BrClN2O3S-. The topological polar surface area (TPSA) is 85.3 Å². The van der Waals surface area contributed by atoms with E-state index in [-0.39, 0.29) is 17.3 Å². The van der Waals surface area contributed by atoms with Crippen molar-refractivity contribution in [3.8, 4) is 11.3 Å². The molecule has 2 aromatic carbocycles. The Labute approximate surface area is 173 Å². The van der Waals surface area contributed by atoms with Gasteiger partial charge in [0.1, 0.15) is 11.5 Å². The van der Waals surface area contributed by atoms with E-state index in [1.54, 1.807) is 12.1 Å². The van der Waals surface area contributed by atoms with Gasteiger partial charge in [0.25, 0.3) is 0 Å². The number of rotatable bonds is 7. The van der Waals surface area contributed by atoms with Gasteiger partial charge in [0, 0.05) is 10.0 Å². The van der Waals surface area contributed by atoms with Crippen LogP contribution in [0.4, 0.5) is 0 Å². The van der Waals surface area contributed by atoms with Crippen molar-refractivity contribution < 1.29 is 25.2 Å². The summed E-state index contributed by atoms with van der Waals surface area (Å²) in [6.45, 7) is 1.38. The van der Waals surface area contributed by atoms with Crippen LogP contribution in [0.3, 0.4) is 0 Å². The van der Waals surface area contributed by atoms with E-state index in [0.29, 0.717) is 6.54 Å². The number of nitrogens with two attached hydrogens (primary N) is 1. The average molecular weight is 471 g/mol. The summed E-state index contributed by atoms with van der Waals surface area (Å²) in [4.78, 5) is 0.130. The van der Waals surface area contributed by atoms with E-state index in [2.05, 4.69) is 21.2 Å². The minimum absolute atomic E-state index is 0. The second-order valence-electron chi connectivity index (χ2n) is 5.89. The normalized spacial score (nSPS) is 11.2. The molecule has 5 nitrogen and oxygen atoms in total. The minimum Gasteiger partial charge on any atom is -1.00 e. The van der Waals surface area contributed by atoms with Crippen LogP contribution in [-0.4, -0.2) is 15.0 Å². The van der Waals surface area contributed by atoms with Crippen LogP contribution >= 0.6 is 15.9 Å². The lowest BCUT2D eigenvalue weighted by Gasteiger charge is -2.05. The van der Waals surface area contributed by atoms with Crippen LogP contribution in [0.15, 0.2) is 74.4 Å². The van der Waals surface area contributed by atoms with Crippen LogP contribution in [0, 0.1) is 0 Å². The van der Waals surface area contributed by atoms with Crippen molar-refractivity contribution in [3.05, 3.63) is 76.5 Å². The quantitative estimate of drug-likeness (QED) is 0.498. The fourth-order valence-corrected chi connectivity index (χ4v) is 3.31. The first-order valence-electron chi connectivity index (χ1n) is 8.09. The molecule has 0 bridgehead atoms. The molecule has 0 atom stereocenters. The molecule has 1 aromatic heterocycles. The van der Waals surface area contributed by atoms with Gasteiger partial charge in [0.2, 0.25) is 10.0 Å². The van der Waals surface area contributed by atoms with E-state index in [1.807, 2.05) is 36.4 Å². The standard InChI is InChI=1S/C19H19BrN2O3S.ClH/c20-16-5-3-15(4-6-16)19-10-7-17(25-19)13-22-12-11-14-1-8-18(9-2-14)26(21,23)24;/h1-10,22H,11-13H2,(H2,21,23,24);1H/p-1. The Morgan fingerprint density at radius 3 is 2.26 bits per heavy atom. The molecular weight excluding hydrogens is 452 g/mol. The van der Waals surface area contributed by atoms with Crippen molar-refractivity contribution in [2.45, 2.75) is 17.9 Å². The van der Waals surface area contributed by atoms with E-state index in [1.165, 1.54) is 12.1 Å². The summed E-state index contributed by atoms with van der Waals surface area (Å²) in [5, 5.41) is 8.42. The molecule has 0 aliphatic heterocycles. The Bertz CT molecular complexity index is 971. The molecule has 8 heteroatoms. The highest BCUT2D eigenvalue weighted by Crippen LogP contribution is 2.23. The highest BCUT2D eigenvalue weighted by atomic mass is 79.9. The van der Waals surface area contributed by atoms with Crippen LogP contribution < -0.4 is 22.9 Å². The summed E-state index contributed by atoms with van der Waals surface area (Å²) >= 11 is 3.42. The highest BCUT2D eigenvalue weighted by Gasteiger charge is 2.07. The molecule has 0 saturated heterocycles. The van der Waals surface area contributed by atoms with E-state index in [9.17, 15) is 8.42 Å². The summed E-state index contributed by atoms with van der Waals surface area (Å²) in [5.74, 6) is 1.71. The molecule has 0 spiro atoms. The number of hydrogen-bond donors (Lipinski definition) is 2. The molecule has 0 radical (unpaired) electrons. The monoisotopic (exact) mass is 469 g/mol. The van der Waals surface area contributed by atoms with Gasteiger partial charge in [-0.1, -0.05) is 40.2 Å². The van der Waals surface area contributed by atoms with E-state index in [4.69, 9.17) is 9.56 Å². The van der Waals surface area contributed by atoms with Crippen molar-refractivity contribution >= 4 is 26.0 Å². The number of primary sulfonamides is 1. The van der Waals surface area contributed by atoms with Gasteiger partial charge in [0.15, 0.2) is 0 Å².